The van der Waals surface area contributed by atoms with E-state index in [0.717, 1.165) is 10.7 Å². The quantitative estimate of drug-likeness (QED) is 0.755. The number of ether oxygens (including phenoxy) is 1. The first-order valence-electron chi connectivity index (χ1n) is 6.32. The van der Waals surface area contributed by atoms with Crippen molar-refractivity contribution in [3.8, 4) is 0 Å². The summed E-state index contributed by atoms with van der Waals surface area (Å²) in [6.07, 6.45) is 5.00. The van der Waals surface area contributed by atoms with Gasteiger partial charge in [0, 0.05) is 37.8 Å². The Morgan fingerprint density at radius 3 is 3.00 bits per heavy atom. The molecule has 0 aliphatic rings. The Bertz CT molecular complexity index is 576. The van der Waals surface area contributed by atoms with Gasteiger partial charge < -0.3 is 9.64 Å². The lowest BCUT2D eigenvalue weighted by molar-refractivity contribution is -0.141. The summed E-state index contributed by atoms with van der Waals surface area (Å²) in [7, 11) is 3.10. The van der Waals surface area contributed by atoms with Gasteiger partial charge in [0.15, 0.2) is 4.96 Å². The lowest BCUT2D eigenvalue weighted by Crippen LogP contribution is -2.29. The summed E-state index contributed by atoms with van der Waals surface area (Å²) in [6.45, 7) is 0.538. The van der Waals surface area contributed by atoms with Crippen LogP contribution in [0.3, 0.4) is 0 Å². The van der Waals surface area contributed by atoms with Crippen molar-refractivity contribution >= 4 is 28.2 Å². The molecule has 1 amide bonds. The molecule has 0 N–H and O–H groups in total. The van der Waals surface area contributed by atoms with Crippen LogP contribution < -0.4 is 0 Å². The Morgan fingerprint density at radius 2 is 2.30 bits per heavy atom. The van der Waals surface area contributed by atoms with Crippen molar-refractivity contribution in [2.45, 2.75) is 19.3 Å². The first-order chi connectivity index (χ1) is 9.60. The lowest BCUT2D eigenvalue weighted by atomic mass is 10.2. The van der Waals surface area contributed by atoms with Crippen LogP contribution in [0, 0.1) is 0 Å². The predicted octanol–water partition coefficient (Wildman–Crippen LogP) is 1.35. The zero-order valence-electron chi connectivity index (χ0n) is 11.5. The van der Waals surface area contributed by atoms with Crippen LogP contribution in [-0.2, 0) is 20.7 Å². The molecule has 0 atom stereocenters. The molecule has 108 valence electrons. The van der Waals surface area contributed by atoms with Gasteiger partial charge in [0.1, 0.15) is 0 Å². The van der Waals surface area contributed by atoms with Crippen molar-refractivity contribution in [2.75, 3.05) is 20.7 Å². The number of likely N-dealkylation sites (N-methyl/N-ethyl adjacent to an activating group) is 1. The Balaban J connectivity index is 1.81. The van der Waals surface area contributed by atoms with E-state index in [1.807, 2.05) is 22.2 Å². The minimum Gasteiger partial charge on any atom is -0.469 e. The molecule has 2 aromatic heterocycles. The molecule has 2 aromatic rings. The molecular weight excluding hydrogens is 278 g/mol. The molecule has 0 aliphatic carbocycles. The van der Waals surface area contributed by atoms with Gasteiger partial charge in [0.05, 0.1) is 19.2 Å². The molecule has 0 aromatic carbocycles. The summed E-state index contributed by atoms with van der Waals surface area (Å²) < 4.78 is 6.47. The fourth-order valence-electron chi connectivity index (χ4n) is 1.84. The second kappa shape index (κ2) is 6.51. The number of nitrogens with zero attached hydrogens (tertiary/aromatic N) is 3. The molecule has 7 heteroatoms. The first kappa shape index (κ1) is 14.5. The monoisotopic (exact) mass is 295 g/mol. The number of esters is 1. The van der Waals surface area contributed by atoms with Crippen molar-refractivity contribution < 1.29 is 14.3 Å². The van der Waals surface area contributed by atoms with Crippen LogP contribution in [-0.4, -0.2) is 46.9 Å². The number of carbonyl (C=O) groups is 2. The number of hydrogen-bond donors (Lipinski definition) is 0. The number of aromatic nitrogens is 2. The van der Waals surface area contributed by atoms with E-state index in [-0.39, 0.29) is 18.3 Å². The highest BCUT2D eigenvalue weighted by atomic mass is 32.1. The van der Waals surface area contributed by atoms with Crippen molar-refractivity contribution in [1.82, 2.24) is 14.3 Å². The molecule has 0 radical (unpaired) electrons. The van der Waals surface area contributed by atoms with Gasteiger partial charge >= 0.3 is 5.97 Å². The number of rotatable bonds is 6. The van der Waals surface area contributed by atoms with Crippen LogP contribution in [0.4, 0.5) is 0 Å². The molecule has 20 heavy (non-hydrogen) atoms. The minimum absolute atomic E-state index is 0.000573. The van der Waals surface area contributed by atoms with E-state index in [1.54, 1.807) is 11.9 Å². The molecule has 2 heterocycles. The van der Waals surface area contributed by atoms with Crippen LogP contribution in [0.1, 0.15) is 18.5 Å². The lowest BCUT2D eigenvalue weighted by Gasteiger charge is -2.16. The van der Waals surface area contributed by atoms with Gasteiger partial charge in [-0.1, -0.05) is 0 Å². The van der Waals surface area contributed by atoms with E-state index < -0.39 is 0 Å². The van der Waals surface area contributed by atoms with Gasteiger partial charge in [0.2, 0.25) is 5.91 Å². The third kappa shape index (κ3) is 3.57. The highest BCUT2D eigenvalue weighted by Gasteiger charge is 2.13. The second-order valence-electron chi connectivity index (χ2n) is 4.50. The van der Waals surface area contributed by atoms with Crippen LogP contribution in [0.15, 0.2) is 17.8 Å². The molecule has 0 aliphatic heterocycles. The minimum atomic E-state index is -0.250. The third-order valence-corrected chi connectivity index (χ3v) is 3.77. The SMILES string of the molecule is COC(=O)CCCN(C)C(=O)Cc1cn2ccsc2n1. The maximum atomic E-state index is 12.0. The second-order valence-corrected chi connectivity index (χ2v) is 5.37. The van der Waals surface area contributed by atoms with Crippen molar-refractivity contribution in [1.29, 1.82) is 0 Å². The summed E-state index contributed by atoms with van der Waals surface area (Å²) in [6, 6.07) is 0. The van der Waals surface area contributed by atoms with Gasteiger partial charge in [0.25, 0.3) is 0 Å². The van der Waals surface area contributed by atoms with Gasteiger partial charge in [-0.15, -0.1) is 11.3 Å². The zero-order chi connectivity index (χ0) is 14.5. The summed E-state index contributed by atoms with van der Waals surface area (Å²) in [4.78, 5) is 29.9. The fraction of sp³-hybridized carbons (Fsp3) is 0.462. The fourth-order valence-corrected chi connectivity index (χ4v) is 2.56. The molecule has 6 nitrogen and oxygen atoms in total. The zero-order valence-corrected chi connectivity index (χ0v) is 12.4. The number of imidazole rings is 1. The first-order valence-corrected chi connectivity index (χ1v) is 7.20. The normalized spacial score (nSPS) is 10.7. The third-order valence-electron chi connectivity index (χ3n) is 3.00. The molecule has 2 rings (SSSR count). The Hall–Kier alpha value is -1.89. The average Bonchev–Trinajstić information content (AvgIpc) is 2.99. The molecule has 0 bridgehead atoms. The van der Waals surface area contributed by atoms with Crippen molar-refractivity contribution in [3.63, 3.8) is 0 Å². The van der Waals surface area contributed by atoms with Crippen LogP contribution >= 0.6 is 11.3 Å². The van der Waals surface area contributed by atoms with Crippen molar-refractivity contribution in [3.05, 3.63) is 23.5 Å². The summed E-state index contributed by atoms with van der Waals surface area (Å²) in [5, 5.41) is 1.95. The average molecular weight is 295 g/mol. The molecular formula is C13H17N3O3S. The van der Waals surface area contributed by atoms with E-state index in [2.05, 4.69) is 9.72 Å². The number of hydrogen-bond acceptors (Lipinski definition) is 5. The topological polar surface area (TPSA) is 63.9 Å². The highest BCUT2D eigenvalue weighted by Crippen LogP contribution is 2.12. The number of carbonyl (C=O) groups excluding carboxylic acids is 2. The molecule has 0 fully saturated rings. The van der Waals surface area contributed by atoms with Gasteiger partial charge in [-0.05, 0) is 6.42 Å². The Kier molecular flexibility index (Phi) is 4.73. The van der Waals surface area contributed by atoms with Gasteiger partial charge in [-0.25, -0.2) is 4.98 Å². The summed E-state index contributed by atoms with van der Waals surface area (Å²) in [5.41, 5.74) is 0.765. The largest absolute Gasteiger partial charge is 0.469 e. The van der Waals surface area contributed by atoms with Crippen LogP contribution in [0.25, 0.3) is 4.96 Å². The van der Waals surface area contributed by atoms with Gasteiger partial charge in [-0.2, -0.15) is 0 Å². The van der Waals surface area contributed by atoms with E-state index in [0.29, 0.717) is 19.4 Å². The van der Waals surface area contributed by atoms with E-state index >= 15 is 0 Å². The van der Waals surface area contributed by atoms with Crippen LogP contribution in [0.2, 0.25) is 0 Å². The van der Waals surface area contributed by atoms with Gasteiger partial charge in [-0.3, -0.25) is 14.0 Å². The molecule has 0 unspecified atom stereocenters. The maximum absolute atomic E-state index is 12.0. The smallest absolute Gasteiger partial charge is 0.305 e. The van der Waals surface area contributed by atoms with E-state index in [4.69, 9.17) is 0 Å². The summed E-state index contributed by atoms with van der Waals surface area (Å²) >= 11 is 1.54. The summed E-state index contributed by atoms with van der Waals surface area (Å²) in [5.74, 6) is -0.249. The van der Waals surface area contributed by atoms with Crippen LogP contribution in [0.5, 0.6) is 0 Å². The maximum Gasteiger partial charge on any atom is 0.305 e. The van der Waals surface area contributed by atoms with E-state index in [1.165, 1.54) is 18.4 Å². The number of fused-ring (bicyclic) bond motifs is 1. The number of methoxy groups -OCH3 is 1. The number of amides is 1. The number of thiazole rings is 1. The molecule has 0 saturated carbocycles. The van der Waals surface area contributed by atoms with E-state index in [9.17, 15) is 9.59 Å². The Labute approximate surface area is 121 Å². The molecule has 0 saturated heterocycles. The van der Waals surface area contributed by atoms with Crippen molar-refractivity contribution in [2.24, 2.45) is 0 Å². The Morgan fingerprint density at radius 1 is 1.50 bits per heavy atom. The predicted molar refractivity (Wildman–Crippen MR) is 75.7 cm³/mol. The molecule has 0 spiro atoms. The standard InChI is InChI=1S/C13H17N3O3S/c1-15(5-3-4-12(18)19-2)11(17)8-10-9-16-6-7-20-13(16)14-10/h6-7,9H,3-5,8H2,1-2H3. The highest BCUT2D eigenvalue weighted by molar-refractivity contribution is 7.15.